The number of ether oxygens (including phenoxy) is 2. The van der Waals surface area contributed by atoms with Gasteiger partial charge in [0.05, 0.1) is 31.2 Å². The second-order valence-electron chi connectivity index (χ2n) is 7.04. The van der Waals surface area contributed by atoms with Crippen LogP contribution in [0.1, 0.15) is 39.7 Å². The molecule has 10 heteroatoms. The molecule has 4 rings (SSSR count). The predicted octanol–water partition coefficient (Wildman–Crippen LogP) is 3.86. The molecular formula is C23H20N2O7S. The van der Waals surface area contributed by atoms with E-state index in [0.29, 0.717) is 17.0 Å². The van der Waals surface area contributed by atoms with E-state index < -0.39 is 23.7 Å². The number of aliphatic hydroxyl groups is 1. The maximum atomic E-state index is 13.1. The smallest absolute Gasteiger partial charge is 0.350 e. The first kappa shape index (κ1) is 22.3. The number of anilines is 1. The van der Waals surface area contributed by atoms with Crippen molar-refractivity contribution in [1.82, 2.24) is 4.98 Å². The van der Waals surface area contributed by atoms with Gasteiger partial charge in [0, 0.05) is 5.56 Å². The highest BCUT2D eigenvalue weighted by atomic mass is 32.1. The number of amides is 1. The van der Waals surface area contributed by atoms with Crippen LogP contribution in [-0.2, 0) is 14.3 Å². The van der Waals surface area contributed by atoms with Gasteiger partial charge in [-0.15, -0.1) is 0 Å². The van der Waals surface area contributed by atoms with Crippen LogP contribution in [0.5, 0.6) is 5.75 Å². The average molecular weight is 468 g/mol. The SMILES string of the molecule is CCOC(=O)c1sc(N2C(=O)C(=O)/C(=C(/O)c3ccc(OC)cc3)C2c2ccco2)nc1C. The van der Waals surface area contributed by atoms with Gasteiger partial charge in [-0.2, -0.15) is 0 Å². The van der Waals surface area contributed by atoms with Gasteiger partial charge in [0.25, 0.3) is 5.78 Å². The quantitative estimate of drug-likeness (QED) is 0.251. The predicted molar refractivity (Wildman–Crippen MR) is 119 cm³/mol. The zero-order valence-corrected chi connectivity index (χ0v) is 18.8. The van der Waals surface area contributed by atoms with Gasteiger partial charge in [0.15, 0.2) is 5.13 Å². The minimum atomic E-state index is -1.07. The molecule has 1 aliphatic rings. The molecule has 1 unspecified atom stereocenters. The Bertz CT molecular complexity index is 1240. The Balaban J connectivity index is 1.85. The molecule has 3 heterocycles. The lowest BCUT2D eigenvalue weighted by Crippen LogP contribution is -2.29. The van der Waals surface area contributed by atoms with E-state index in [9.17, 15) is 19.5 Å². The van der Waals surface area contributed by atoms with Crippen LogP contribution in [0.3, 0.4) is 0 Å². The number of ketones is 1. The van der Waals surface area contributed by atoms with E-state index in [4.69, 9.17) is 13.9 Å². The lowest BCUT2D eigenvalue weighted by molar-refractivity contribution is -0.132. The number of esters is 1. The van der Waals surface area contributed by atoms with Gasteiger partial charge in [-0.1, -0.05) is 11.3 Å². The summed E-state index contributed by atoms with van der Waals surface area (Å²) in [4.78, 5) is 44.1. The van der Waals surface area contributed by atoms with E-state index in [2.05, 4.69) is 4.98 Å². The lowest BCUT2D eigenvalue weighted by Gasteiger charge is -2.20. The molecule has 9 nitrogen and oxygen atoms in total. The fourth-order valence-corrected chi connectivity index (χ4v) is 4.51. The first-order valence-electron chi connectivity index (χ1n) is 10.0. The molecule has 1 atom stereocenters. The molecule has 0 radical (unpaired) electrons. The second kappa shape index (κ2) is 8.91. The molecule has 33 heavy (non-hydrogen) atoms. The number of thiazole rings is 1. The summed E-state index contributed by atoms with van der Waals surface area (Å²) < 4.78 is 15.7. The monoisotopic (exact) mass is 468 g/mol. The molecular weight excluding hydrogens is 448 g/mol. The summed E-state index contributed by atoms with van der Waals surface area (Å²) in [5.74, 6) is -1.89. The van der Waals surface area contributed by atoms with Crippen LogP contribution in [-0.4, -0.2) is 41.5 Å². The van der Waals surface area contributed by atoms with Crippen molar-refractivity contribution in [3.63, 3.8) is 0 Å². The van der Waals surface area contributed by atoms with Gasteiger partial charge >= 0.3 is 11.9 Å². The van der Waals surface area contributed by atoms with E-state index >= 15 is 0 Å². The number of nitrogens with zero attached hydrogens (tertiary/aromatic N) is 2. The number of carbonyl (C=O) groups is 3. The maximum Gasteiger partial charge on any atom is 0.350 e. The van der Waals surface area contributed by atoms with E-state index in [1.54, 1.807) is 50.2 Å². The molecule has 3 aromatic rings. The minimum Gasteiger partial charge on any atom is -0.507 e. The van der Waals surface area contributed by atoms with Crippen LogP contribution in [0.15, 0.2) is 52.7 Å². The normalized spacial score (nSPS) is 17.4. The van der Waals surface area contributed by atoms with Gasteiger partial charge < -0.3 is 19.0 Å². The van der Waals surface area contributed by atoms with Crippen LogP contribution in [0.2, 0.25) is 0 Å². The van der Waals surface area contributed by atoms with Crippen LogP contribution in [0.25, 0.3) is 5.76 Å². The highest BCUT2D eigenvalue weighted by molar-refractivity contribution is 7.17. The minimum absolute atomic E-state index is 0.118. The maximum absolute atomic E-state index is 13.1. The van der Waals surface area contributed by atoms with Crippen molar-refractivity contribution in [1.29, 1.82) is 0 Å². The highest BCUT2D eigenvalue weighted by Gasteiger charge is 2.49. The van der Waals surface area contributed by atoms with Crippen molar-refractivity contribution in [2.24, 2.45) is 0 Å². The molecule has 2 aromatic heterocycles. The molecule has 0 spiro atoms. The number of furan rings is 1. The van der Waals surface area contributed by atoms with Crippen LogP contribution < -0.4 is 9.64 Å². The number of aryl methyl sites for hydroxylation is 1. The number of aliphatic hydroxyl groups excluding tert-OH is 1. The van der Waals surface area contributed by atoms with E-state index in [1.807, 2.05) is 0 Å². The van der Waals surface area contributed by atoms with Gasteiger partial charge in [0.2, 0.25) is 0 Å². The Labute approximate surface area is 192 Å². The molecule has 1 amide bonds. The second-order valence-corrected chi connectivity index (χ2v) is 8.02. The lowest BCUT2D eigenvalue weighted by atomic mass is 9.99. The first-order chi connectivity index (χ1) is 15.9. The van der Waals surface area contributed by atoms with Crippen LogP contribution >= 0.6 is 11.3 Å². The van der Waals surface area contributed by atoms with Crippen LogP contribution in [0, 0.1) is 6.92 Å². The summed E-state index contributed by atoms with van der Waals surface area (Å²) in [6.45, 7) is 3.48. The topological polar surface area (TPSA) is 119 Å². The number of hydrogen-bond donors (Lipinski definition) is 1. The fourth-order valence-electron chi connectivity index (χ4n) is 3.52. The Morgan fingerprint density at radius 3 is 2.58 bits per heavy atom. The largest absolute Gasteiger partial charge is 0.507 e. The van der Waals surface area contributed by atoms with Gasteiger partial charge in [0.1, 0.15) is 28.2 Å². The van der Waals surface area contributed by atoms with Gasteiger partial charge in [-0.25, -0.2) is 9.78 Å². The fraction of sp³-hybridized carbons (Fsp3) is 0.217. The number of Topliss-reactive ketones (excluding diaryl/α,β-unsaturated/α-hetero) is 1. The molecule has 0 aliphatic carbocycles. The Morgan fingerprint density at radius 2 is 1.97 bits per heavy atom. The van der Waals surface area contributed by atoms with Crippen LogP contribution in [0.4, 0.5) is 5.13 Å². The van der Waals surface area contributed by atoms with Crippen molar-refractivity contribution in [3.8, 4) is 5.75 Å². The molecule has 1 fully saturated rings. The molecule has 1 aliphatic heterocycles. The standard InChI is InChI=1S/C23H20N2O7S/c1-4-31-22(29)20-12(2)24-23(33-20)25-17(15-6-5-11-32-15)16(19(27)21(25)28)18(26)13-7-9-14(30-3)10-8-13/h5-11,17,26H,4H2,1-3H3/b18-16+. The van der Waals surface area contributed by atoms with Gasteiger partial charge in [-0.05, 0) is 50.2 Å². The summed E-state index contributed by atoms with van der Waals surface area (Å²) in [6, 6.07) is 8.55. The van der Waals surface area contributed by atoms with Gasteiger partial charge in [-0.3, -0.25) is 14.5 Å². The zero-order chi connectivity index (χ0) is 23.7. The third-order valence-corrected chi connectivity index (χ3v) is 6.21. The third kappa shape index (κ3) is 3.89. The number of aromatic nitrogens is 1. The summed E-state index contributed by atoms with van der Waals surface area (Å²) >= 11 is 0.931. The molecule has 1 aromatic carbocycles. The van der Waals surface area contributed by atoms with Crippen molar-refractivity contribution in [3.05, 3.63) is 70.1 Å². The Hall–Kier alpha value is -3.92. The van der Waals surface area contributed by atoms with Crippen molar-refractivity contribution < 1.29 is 33.4 Å². The summed E-state index contributed by atoms with van der Waals surface area (Å²) in [5, 5.41) is 11.1. The van der Waals surface area contributed by atoms with Crippen molar-refractivity contribution >= 4 is 39.9 Å². The van der Waals surface area contributed by atoms with E-state index in [0.717, 1.165) is 16.2 Å². The van der Waals surface area contributed by atoms with Crippen molar-refractivity contribution in [2.75, 3.05) is 18.6 Å². The first-order valence-corrected chi connectivity index (χ1v) is 10.8. The number of methoxy groups -OCH3 is 1. The molecule has 0 saturated carbocycles. The molecule has 1 N–H and O–H groups in total. The number of benzene rings is 1. The summed E-state index contributed by atoms with van der Waals surface area (Å²) in [7, 11) is 1.51. The molecule has 0 bridgehead atoms. The summed E-state index contributed by atoms with van der Waals surface area (Å²) in [6.07, 6.45) is 1.40. The number of hydrogen-bond acceptors (Lipinski definition) is 9. The van der Waals surface area contributed by atoms with E-state index in [-0.39, 0.29) is 33.7 Å². The molecule has 1 saturated heterocycles. The molecule has 170 valence electrons. The average Bonchev–Trinajstić information content (AvgIpc) is 3.53. The Morgan fingerprint density at radius 1 is 1.24 bits per heavy atom. The number of carbonyl (C=O) groups excluding carboxylic acids is 3. The third-order valence-electron chi connectivity index (χ3n) is 5.07. The van der Waals surface area contributed by atoms with E-state index in [1.165, 1.54) is 13.4 Å². The summed E-state index contributed by atoms with van der Waals surface area (Å²) in [5.41, 5.74) is 0.544. The Kier molecular flexibility index (Phi) is 6.01. The number of rotatable bonds is 6. The van der Waals surface area contributed by atoms with Crippen molar-refractivity contribution in [2.45, 2.75) is 19.9 Å². The highest BCUT2D eigenvalue weighted by Crippen LogP contribution is 2.44. The zero-order valence-electron chi connectivity index (χ0n) is 18.0.